The summed E-state index contributed by atoms with van der Waals surface area (Å²) in [4.78, 5) is 0. The van der Waals surface area contributed by atoms with Crippen LogP contribution in [0.15, 0.2) is 36.4 Å². The number of alkyl halides is 1. The topological polar surface area (TPSA) is 31.0 Å². The zero-order valence-electron chi connectivity index (χ0n) is 14.6. The van der Waals surface area contributed by atoms with E-state index in [0.29, 0.717) is 31.3 Å². The molecule has 4 rings (SSSR count). The van der Waals surface area contributed by atoms with Crippen LogP contribution < -0.4 is 4.74 Å². The van der Waals surface area contributed by atoms with Crippen molar-refractivity contribution in [2.75, 3.05) is 13.2 Å². The van der Waals surface area contributed by atoms with E-state index in [1.807, 2.05) is 0 Å². The van der Waals surface area contributed by atoms with Gasteiger partial charge in [-0.05, 0) is 59.9 Å². The molecule has 0 spiro atoms. The summed E-state index contributed by atoms with van der Waals surface area (Å²) in [6.45, 7) is 5.53. The van der Waals surface area contributed by atoms with Crippen LogP contribution in [0.5, 0.6) is 5.75 Å². The van der Waals surface area contributed by atoms with Gasteiger partial charge < -0.3 is 14.2 Å². The van der Waals surface area contributed by atoms with Crippen molar-refractivity contribution in [1.82, 2.24) is 0 Å². The molecule has 0 aromatic heterocycles. The first kappa shape index (κ1) is 16.9. The summed E-state index contributed by atoms with van der Waals surface area (Å²) in [5.41, 5.74) is 6.00. The highest BCUT2D eigenvalue weighted by Crippen LogP contribution is 2.34. The van der Waals surface area contributed by atoms with Gasteiger partial charge in [-0.25, -0.2) is 0 Å². The molecule has 0 radical (unpaired) electrons. The zero-order chi connectivity index (χ0) is 17.4. The molecule has 0 amide bonds. The number of aryl methyl sites for hydroxylation is 2. The maximum absolute atomic E-state index is 6.01. The third-order valence-corrected chi connectivity index (χ3v) is 5.30. The highest BCUT2D eigenvalue weighted by molar-refractivity contribution is 6.17. The van der Waals surface area contributed by atoms with E-state index in [0.717, 1.165) is 17.7 Å². The van der Waals surface area contributed by atoms with Crippen LogP contribution in [0.1, 0.15) is 23.1 Å². The Bertz CT molecular complexity index is 750. The van der Waals surface area contributed by atoms with E-state index in [1.165, 1.54) is 22.3 Å². The fourth-order valence-corrected chi connectivity index (χ4v) is 3.84. The van der Waals surface area contributed by atoms with Gasteiger partial charge in [-0.15, -0.1) is 11.6 Å². The average Bonchev–Trinajstić information content (AvgIpc) is 3.38. The van der Waals surface area contributed by atoms with E-state index in [4.69, 9.17) is 25.8 Å². The zero-order valence-corrected chi connectivity index (χ0v) is 15.4. The number of rotatable bonds is 5. The third-order valence-electron chi connectivity index (χ3n) is 4.99. The number of hydrogen-bond acceptors (Lipinski definition) is 3. The van der Waals surface area contributed by atoms with Crippen molar-refractivity contribution in [1.29, 1.82) is 0 Å². The fourth-order valence-electron chi connectivity index (χ4n) is 3.67. The van der Waals surface area contributed by atoms with Gasteiger partial charge in [0, 0.05) is 12.3 Å². The van der Waals surface area contributed by atoms with Gasteiger partial charge in [-0.1, -0.05) is 18.2 Å². The van der Waals surface area contributed by atoms with Crippen LogP contribution in [-0.2, 0) is 15.4 Å². The SMILES string of the molecule is Cc1cc(OC[C@H]2C[C@@H]3O[C@@H]3CO2)cc(C)c1-c1cccc(CCl)c1. The summed E-state index contributed by atoms with van der Waals surface area (Å²) in [7, 11) is 0. The van der Waals surface area contributed by atoms with Crippen molar-refractivity contribution in [2.45, 2.75) is 44.5 Å². The molecular weight excluding hydrogens is 336 g/mol. The highest BCUT2D eigenvalue weighted by atomic mass is 35.5. The maximum atomic E-state index is 6.01. The van der Waals surface area contributed by atoms with Gasteiger partial charge in [0.25, 0.3) is 0 Å². The summed E-state index contributed by atoms with van der Waals surface area (Å²) in [5, 5.41) is 0. The molecule has 0 aliphatic carbocycles. The van der Waals surface area contributed by atoms with Crippen LogP contribution in [0.2, 0.25) is 0 Å². The molecular formula is C21H23ClO3. The molecule has 0 bridgehead atoms. The lowest BCUT2D eigenvalue weighted by molar-refractivity contribution is 0.000814. The van der Waals surface area contributed by atoms with Gasteiger partial charge in [-0.2, -0.15) is 0 Å². The molecule has 2 aliphatic heterocycles. The van der Waals surface area contributed by atoms with Crippen LogP contribution in [0.3, 0.4) is 0 Å². The Kier molecular flexibility index (Phi) is 4.72. The Labute approximate surface area is 153 Å². The van der Waals surface area contributed by atoms with Crippen LogP contribution in [0, 0.1) is 13.8 Å². The Hall–Kier alpha value is -1.55. The molecule has 4 heteroatoms. The van der Waals surface area contributed by atoms with E-state index in [9.17, 15) is 0 Å². The minimum Gasteiger partial charge on any atom is -0.491 e. The highest BCUT2D eigenvalue weighted by Gasteiger charge is 2.45. The van der Waals surface area contributed by atoms with E-state index in [1.54, 1.807) is 0 Å². The molecule has 2 heterocycles. The molecule has 2 aromatic rings. The van der Waals surface area contributed by atoms with Gasteiger partial charge in [0.05, 0.1) is 18.8 Å². The molecule has 3 atom stereocenters. The lowest BCUT2D eigenvalue weighted by Crippen LogP contribution is -2.30. The number of epoxide rings is 1. The normalized spacial score (nSPS) is 24.7. The first-order valence-electron chi connectivity index (χ1n) is 8.80. The van der Waals surface area contributed by atoms with E-state index in [-0.39, 0.29) is 6.10 Å². The van der Waals surface area contributed by atoms with Crippen LogP contribution >= 0.6 is 11.6 Å². The monoisotopic (exact) mass is 358 g/mol. The van der Waals surface area contributed by atoms with E-state index >= 15 is 0 Å². The first-order valence-corrected chi connectivity index (χ1v) is 9.34. The van der Waals surface area contributed by atoms with Gasteiger partial charge in [0.2, 0.25) is 0 Å². The average molecular weight is 359 g/mol. The number of benzene rings is 2. The minimum absolute atomic E-state index is 0.129. The summed E-state index contributed by atoms with van der Waals surface area (Å²) >= 11 is 5.98. The molecule has 3 nitrogen and oxygen atoms in total. The Morgan fingerprint density at radius 1 is 1.12 bits per heavy atom. The quantitative estimate of drug-likeness (QED) is 0.576. The van der Waals surface area contributed by atoms with Gasteiger partial charge in [-0.3, -0.25) is 0 Å². The molecule has 0 unspecified atom stereocenters. The second-order valence-corrected chi connectivity index (χ2v) is 7.25. The van der Waals surface area contributed by atoms with Crippen molar-refractivity contribution < 1.29 is 14.2 Å². The van der Waals surface area contributed by atoms with Crippen molar-refractivity contribution in [3.05, 3.63) is 53.1 Å². The van der Waals surface area contributed by atoms with E-state index < -0.39 is 0 Å². The summed E-state index contributed by atoms with van der Waals surface area (Å²) < 4.78 is 17.3. The van der Waals surface area contributed by atoms with Crippen molar-refractivity contribution >= 4 is 11.6 Å². The summed E-state index contributed by atoms with van der Waals surface area (Å²) in [6, 6.07) is 12.6. The summed E-state index contributed by atoms with van der Waals surface area (Å²) in [5.74, 6) is 1.43. The van der Waals surface area contributed by atoms with Crippen molar-refractivity contribution in [3.8, 4) is 16.9 Å². The molecule has 2 aromatic carbocycles. The molecule has 2 aliphatic rings. The molecule has 0 saturated carbocycles. The minimum atomic E-state index is 0.129. The molecule has 2 saturated heterocycles. The molecule has 132 valence electrons. The largest absolute Gasteiger partial charge is 0.491 e. The van der Waals surface area contributed by atoms with Crippen LogP contribution in [0.25, 0.3) is 11.1 Å². The molecule has 2 fully saturated rings. The Morgan fingerprint density at radius 3 is 2.64 bits per heavy atom. The second kappa shape index (κ2) is 6.99. The van der Waals surface area contributed by atoms with Gasteiger partial charge >= 0.3 is 0 Å². The van der Waals surface area contributed by atoms with Gasteiger partial charge in [0.15, 0.2) is 0 Å². The molecule has 0 N–H and O–H groups in total. The van der Waals surface area contributed by atoms with Crippen LogP contribution in [-0.4, -0.2) is 31.5 Å². The third kappa shape index (κ3) is 3.69. The summed E-state index contributed by atoms with van der Waals surface area (Å²) in [6.07, 6.45) is 1.79. The van der Waals surface area contributed by atoms with Gasteiger partial charge in [0.1, 0.15) is 18.5 Å². The smallest absolute Gasteiger partial charge is 0.120 e. The predicted molar refractivity (Wildman–Crippen MR) is 99.4 cm³/mol. The van der Waals surface area contributed by atoms with Crippen molar-refractivity contribution in [2.24, 2.45) is 0 Å². The fraction of sp³-hybridized carbons (Fsp3) is 0.429. The number of hydrogen-bond donors (Lipinski definition) is 0. The van der Waals surface area contributed by atoms with Crippen molar-refractivity contribution in [3.63, 3.8) is 0 Å². The maximum Gasteiger partial charge on any atom is 0.120 e. The first-order chi connectivity index (χ1) is 12.1. The second-order valence-electron chi connectivity index (χ2n) is 6.98. The number of ether oxygens (including phenoxy) is 3. The Balaban J connectivity index is 1.49. The molecule has 25 heavy (non-hydrogen) atoms. The predicted octanol–water partition coefficient (Wildman–Crippen LogP) is 4.64. The standard InChI is InChI=1S/C21H23ClO3/c1-13-6-17(23-11-18-9-19-20(25-19)12-24-18)7-14(2)21(13)16-5-3-4-15(8-16)10-22/h3-8,18-20H,9-12H2,1-2H3/t18-,19+,20-/m1/s1. The number of halogens is 1. The van der Waals surface area contributed by atoms with Crippen LogP contribution in [0.4, 0.5) is 0 Å². The van der Waals surface area contributed by atoms with E-state index in [2.05, 4.69) is 50.2 Å². The Morgan fingerprint density at radius 2 is 1.92 bits per heavy atom. The number of fused-ring (bicyclic) bond motifs is 1. The lowest BCUT2D eigenvalue weighted by Gasteiger charge is -2.21. The lowest BCUT2D eigenvalue weighted by atomic mass is 9.94.